The number of aryl methyl sites for hydroxylation is 1. The Labute approximate surface area is 125 Å². The quantitative estimate of drug-likeness (QED) is 0.777. The molecule has 0 saturated heterocycles. The van der Waals surface area contributed by atoms with E-state index < -0.39 is 0 Å². The van der Waals surface area contributed by atoms with Crippen LogP contribution in [0.25, 0.3) is 11.3 Å². The van der Waals surface area contributed by atoms with Crippen molar-refractivity contribution < 1.29 is 4.79 Å². The highest BCUT2D eigenvalue weighted by Gasteiger charge is 2.16. The maximum absolute atomic E-state index is 12.4. The molecule has 3 aromatic rings. The monoisotopic (exact) mass is 301 g/mol. The van der Waals surface area contributed by atoms with E-state index in [1.807, 2.05) is 24.6 Å². The first-order chi connectivity index (χ1) is 10.1. The molecule has 0 saturated carbocycles. The number of rotatable bonds is 4. The average molecular weight is 301 g/mol. The molecular weight excluding hydrogens is 286 g/mol. The molecule has 0 unspecified atom stereocenters. The van der Waals surface area contributed by atoms with Crippen LogP contribution in [0.15, 0.2) is 30.0 Å². The highest BCUT2D eigenvalue weighted by molar-refractivity contribution is 7.09. The third-order valence-electron chi connectivity index (χ3n) is 3.12. The minimum absolute atomic E-state index is 0.0791. The van der Waals surface area contributed by atoms with E-state index in [1.54, 1.807) is 35.7 Å². The van der Waals surface area contributed by atoms with E-state index in [1.165, 1.54) is 0 Å². The molecule has 3 rings (SSSR count). The summed E-state index contributed by atoms with van der Waals surface area (Å²) in [6.07, 6.45) is 5.22. The van der Waals surface area contributed by atoms with Gasteiger partial charge in [-0.05, 0) is 13.0 Å². The van der Waals surface area contributed by atoms with Crippen LogP contribution in [0.4, 0.5) is 0 Å². The van der Waals surface area contributed by atoms with Gasteiger partial charge in [0.15, 0.2) is 0 Å². The average Bonchev–Trinajstić information content (AvgIpc) is 3.17. The van der Waals surface area contributed by atoms with Crippen LogP contribution in [0, 0.1) is 6.92 Å². The second-order valence-corrected chi connectivity index (χ2v) is 5.81. The Bertz CT molecular complexity index is 743. The van der Waals surface area contributed by atoms with Gasteiger partial charge in [-0.1, -0.05) is 0 Å². The number of carbonyl (C=O) groups excluding carboxylic acids is 1. The van der Waals surface area contributed by atoms with Crippen molar-refractivity contribution in [2.45, 2.75) is 13.5 Å². The van der Waals surface area contributed by atoms with Gasteiger partial charge in [-0.15, -0.1) is 11.3 Å². The van der Waals surface area contributed by atoms with Gasteiger partial charge >= 0.3 is 0 Å². The minimum Gasteiger partial charge on any atom is -0.357 e. The van der Waals surface area contributed by atoms with Crippen LogP contribution in [0.5, 0.6) is 0 Å². The summed E-state index contributed by atoms with van der Waals surface area (Å²) in [5, 5.41) is 2.99. The fourth-order valence-electron chi connectivity index (χ4n) is 2.05. The normalized spacial score (nSPS) is 10.8. The van der Waals surface area contributed by atoms with E-state index in [-0.39, 0.29) is 5.91 Å². The number of aromatic nitrogens is 4. The van der Waals surface area contributed by atoms with E-state index >= 15 is 0 Å². The number of thiazole rings is 1. The molecule has 108 valence electrons. The number of hydrogen-bond donors (Lipinski definition) is 2. The molecular formula is C14H15N5OS. The second-order valence-electron chi connectivity index (χ2n) is 4.75. The number of nitrogens with one attached hydrogen (secondary N) is 2. The van der Waals surface area contributed by atoms with Crippen molar-refractivity contribution in [1.82, 2.24) is 24.8 Å². The molecule has 7 heteroatoms. The molecule has 3 aromatic heterocycles. The molecule has 0 atom stereocenters. The fraction of sp³-hybridized carbons (Fsp3) is 0.214. The number of aromatic amines is 2. The Morgan fingerprint density at radius 3 is 2.95 bits per heavy atom. The van der Waals surface area contributed by atoms with E-state index in [0.29, 0.717) is 12.2 Å². The maximum atomic E-state index is 12.4. The summed E-state index contributed by atoms with van der Waals surface area (Å²) in [5.41, 5.74) is 2.36. The number of imidazole rings is 1. The molecule has 0 radical (unpaired) electrons. The summed E-state index contributed by atoms with van der Waals surface area (Å²) in [5.74, 6) is 0.678. The van der Waals surface area contributed by atoms with Crippen molar-refractivity contribution in [1.29, 1.82) is 0 Å². The van der Waals surface area contributed by atoms with Crippen molar-refractivity contribution in [3.05, 3.63) is 46.6 Å². The van der Waals surface area contributed by atoms with Gasteiger partial charge in [0.2, 0.25) is 0 Å². The summed E-state index contributed by atoms with van der Waals surface area (Å²) < 4.78 is 0. The SMILES string of the molecule is Cc1nc(-c2c[nH]c(C(=O)N(C)Cc3ncc[nH]3)c2)cs1. The summed E-state index contributed by atoms with van der Waals surface area (Å²) in [6, 6.07) is 1.83. The molecule has 0 bridgehead atoms. The van der Waals surface area contributed by atoms with Crippen molar-refractivity contribution in [2.24, 2.45) is 0 Å². The Hall–Kier alpha value is -2.41. The van der Waals surface area contributed by atoms with Crippen LogP contribution in [-0.4, -0.2) is 37.8 Å². The van der Waals surface area contributed by atoms with Gasteiger partial charge < -0.3 is 14.9 Å². The Balaban J connectivity index is 1.74. The number of amides is 1. The Kier molecular flexibility index (Phi) is 3.57. The highest BCUT2D eigenvalue weighted by Crippen LogP contribution is 2.22. The first-order valence-corrected chi connectivity index (χ1v) is 7.36. The number of H-pyrrole nitrogens is 2. The van der Waals surface area contributed by atoms with Gasteiger partial charge in [0.1, 0.15) is 11.5 Å². The summed E-state index contributed by atoms with van der Waals surface area (Å²) in [6.45, 7) is 2.40. The van der Waals surface area contributed by atoms with Gasteiger partial charge in [-0.25, -0.2) is 9.97 Å². The van der Waals surface area contributed by atoms with E-state index in [9.17, 15) is 4.79 Å². The Morgan fingerprint density at radius 2 is 2.29 bits per heavy atom. The number of hydrogen-bond acceptors (Lipinski definition) is 4. The van der Waals surface area contributed by atoms with E-state index in [0.717, 1.165) is 22.1 Å². The van der Waals surface area contributed by atoms with E-state index in [2.05, 4.69) is 19.9 Å². The molecule has 1 amide bonds. The zero-order valence-electron chi connectivity index (χ0n) is 11.8. The Morgan fingerprint density at radius 1 is 1.43 bits per heavy atom. The summed E-state index contributed by atoms with van der Waals surface area (Å²) in [4.78, 5) is 28.5. The molecule has 0 spiro atoms. The van der Waals surface area contributed by atoms with Crippen molar-refractivity contribution >= 4 is 17.2 Å². The molecule has 0 fully saturated rings. The molecule has 0 aromatic carbocycles. The molecule has 0 aliphatic heterocycles. The van der Waals surface area contributed by atoms with Crippen molar-refractivity contribution in [3.8, 4) is 11.3 Å². The zero-order chi connectivity index (χ0) is 14.8. The lowest BCUT2D eigenvalue weighted by Gasteiger charge is -2.14. The predicted octanol–water partition coefficient (Wildman–Crippen LogP) is 2.44. The lowest BCUT2D eigenvalue weighted by molar-refractivity contribution is 0.0777. The molecule has 3 heterocycles. The largest absolute Gasteiger partial charge is 0.357 e. The van der Waals surface area contributed by atoms with Gasteiger partial charge in [-0.2, -0.15) is 0 Å². The number of nitrogens with zero attached hydrogens (tertiary/aromatic N) is 3. The molecule has 6 nitrogen and oxygen atoms in total. The van der Waals surface area contributed by atoms with Gasteiger partial charge in [0.05, 0.1) is 17.2 Å². The molecule has 0 aliphatic rings. The van der Waals surface area contributed by atoms with Crippen molar-refractivity contribution in [3.63, 3.8) is 0 Å². The number of carbonyl (C=O) groups is 1. The predicted molar refractivity (Wildman–Crippen MR) is 81.0 cm³/mol. The third kappa shape index (κ3) is 2.87. The van der Waals surface area contributed by atoms with Gasteiger partial charge in [0.25, 0.3) is 5.91 Å². The smallest absolute Gasteiger partial charge is 0.270 e. The first kappa shape index (κ1) is 13.6. The van der Waals surface area contributed by atoms with Gasteiger partial charge in [-0.3, -0.25) is 4.79 Å². The van der Waals surface area contributed by atoms with Crippen LogP contribution < -0.4 is 0 Å². The van der Waals surface area contributed by atoms with Gasteiger partial charge in [0, 0.05) is 36.6 Å². The lowest BCUT2D eigenvalue weighted by Crippen LogP contribution is -2.26. The molecule has 21 heavy (non-hydrogen) atoms. The van der Waals surface area contributed by atoms with Crippen LogP contribution in [0.2, 0.25) is 0 Å². The first-order valence-electron chi connectivity index (χ1n) is 6.48. The standard InChI is InChI=1S/C14H15N5OS/c1-9-18-12(8-21-9)10-5-11(17-6-10)14(20)19(2)7-13-15-3-4-16-13/h3-6,8,17H,7H2,1-2H3,(H,15,16). The molecule has 2 N–H and O–H groups in total. The van der Waals surface area contributed by atoms with Crippen LogP contribution in [0.3, 0.4) is 0 Å². The van der Waals surface area contributed by atoms with Crippen LogP contribution in [-0.2, 0) is 6.54 Å². The zero-order valence-corrected chi connectivity index (χ0v) is 12.6. The van der Waals surface area contributed by atoms with Crippen LogP contribution >= 0.6 is 11.3 Å². The van der Waals surface area contributed by atoms with E-state index in [4.69, 9.17) is 0 Å². The maximum Gasteiger partial charge on any atom is 0.270 e. The summed E-state index contributed by atoms with van der Waals surface area (Å²) >= 11 is 1.59. The summed E-state index contributed by atoms with van der Waals surface area (Å²) in [7, 11) is 1.75. The minimum atomic E-state index is -0.0791. The third-order valence-corrected chi connectivity index (χ3v) is 3.89. The van der Waals surface area contributed by atoms with Crippen molar-refractivity contribution in [2.75, 3.05) is 7.05 Å². The fourth-order valence-corrected chi connectivity index (χ4v) is 2.67. The van der Waals surface area contributed by atoms with Crippen LogP contribution in [0.1, 0.15) is 21.3 Å². The topological polar surface area (TPSA) is 77.7 Å². The second kappa shape index (κ2) is 5.53. The lowest BCUT2D eigenvalue weighted by atomic mass is 10.2. The highest BCUT2D eigenvalue weighted by atomic mass is 32.1. The molecule has 0 aliphatic carbocycles.